The molecule has 0 atom stereocenters. The first kappa shape index (κ1) is 12.0. The Hall–Kier alpha value is -2.10. The number of nitrogens with one attached hydrogen (secondary N) is 2. The van der Waals surface area contributed by atoms with Crippen molar-refractivity contribution in [2.24, 2.45) is 0 Å². The highest BCUT2D eigenvalue weighted by molar-refractivity contribution is 5.93. The summed E-state index contributed by atoms with van der Waals surface area (Å²) in [5.74, 6) is -0.0593. The van der Waals surface area contributed by atoms with E-state index in [9.17, 15) is 4.79 Å². The maximum atomic E-state index is 12.0. The lowest BCUT2D eigenvalue weighted by Crippen LogP contribution is -2.45. The van der Waals surface area contributed by atoms with Gasteiger partial charge in [-0.15, -0.1) is 0 Å². The molecule has 1 aliphatic rings. The number of benzene rings is 1. The van der Waals surface area contributed by atoms with Crippen molar-refractivity contribution in [1.29, 1.82) is 0 Å². The summed E-state index contributed by atoms with van der Waals surface area (Å²) >= 11 is 0. The minimum Gasteiger partial charge on any atom is -0.351 e. The van der Waals surface area contributed by atoms with Crippen molar-refractivity contribution >= 4 is 5.91 Å². The van der Waals surface area contributed by atoms with E-state index in [1.807, 2.05) is 6.07 Å². The molecule has 1 aromatic heterocycles. The van der Waals surface area contributed by atoms with Gasteiger partial charge in [0.1, 0.15) is 0 Å². The Kier molecular flexibility index (Phi) is 3.07. The first-order chi connectivity index (χ1) is 9.30. The summed E-state index contributed by atoms with van der Waals surface area (Å²) in [6.45, 7) is 0.695. The van der Waals surface area contributed by atoms with Gasteiger partial charge in [0.15, 0.2) is 0 Å². The van der Waals surface area contributed by atoms with E-state index in [0.717, 1.165) is 12.8 Å². The van der Waals surface area contributed by atoms with Crippen LogP contribution in [0.1, 0.15) is 35.2 Å². The highest BCUT2D eigenvalue weighted by Gasteiger charge is 2.38. The van der Waals surface area contributed by atoms with Crippen LogP contribution in [0.25, 0.3) is 0 Å². The quantitative estimate of drug-likeness (QED) is 0.880. The van der Waals surface area contributed by atoms with Gasteiger partial charge in [-0.1, -0.05) is 36.8 Å². The van der Waals surface area contributed by atoms with Crippen LogP contribution in [0.5, 0.6) is 0 Å². The Bertz CT molecular complexity index is 544. The largest absolute Gasteiger partial charge is 0.351 e. The minimum absolute atomic E-state index is 0.0593. The average Bonchev–Trinajstić information content (AvgIpc) is 2.92. The van der Waals surface area contributed by atoms with Gasteiger partial charge < -0.3 is 5.32 Å². The molecule has 0 bridgehead atoms. The molecule has 1 aromatic carbocycles. The molecule has 19 heavy (non-hydrogen) atoms. The summed E-state index contributed by atoms with van der Waals surface area (Å²) in [6.07, 6.45) is 6.68. The zero-order valence-corrected chi connectivity index (χ0v) is 10.7. The Morgan fingerprint density at radius 1 is 1.32 bits per heavy atom. The third-order valence-electron chi connectivity index (χ3n) is 4.04. The van der Waals surface area contributed by atoms with E-state index in [1.165, 1.54) is 12.0 Å². The molecule has 1 amide bonds. The van der Waals surface area contributed by atoms with Crippen LogP contribution in [0.3, 0.4) is 0 Å². The standard InChI is InChI=1S/C15H17N3O/c19-14(12-9-17-18-10-12)16-11-15(7-4-8-15)13-5-2-1-3-6-13/h1-3,5-6,9-10H,4,7-8,11H2,(H,16,19)(H,17,18). The van der Waals surface area contributed by atoms with E-state index in [-0.39, 0.29) is 11.3 Å². The van der Waals surface area contributed by atoms with Crippen molar-refractivity contribution in [2.75, 3.05) is 6.54 Å². The number of nitrogens with zero attached hydrogens (tertiary/aromatic N) is 1. The first-order valence-corrected chi connectivity index (χ1v) is 6.63. The number of hydrogen-bond donors (Lipinski definition) is 2. The van der Waals surface area contributed by atoms with Crippen molar-refractivity contribution in [1.82, 2.24) is 15.5 Å². The predicted molar refractivity (Wildman–Crippen MR) is 72.9 cm³/mol. The molecule has 1 heterocycles. The van der Waals surface area contributed by atoms with E-state index in [0.29, 0.717) is 12.1 Å². The third-order valence-corrected chi connectivity index (χ3v) is 4.04. The third kappa shape index (κ3) is 2.26. The van der Waals surface area contributed by atoms with E-state index >= 15 is 0 Å². The van der Waals surface area contributed by atoms with E-state index in [2.05, 4.69) is 39.8 Å². The number of rotatable bonds is 4. The van der Waals surface area contributed by atoms with Crippen molar-refractivity contribution in [3.8, 4) is 0 Å². The van der Waals surface area contributed by atoms with Gasteiger partial charge in [-0.3, -0.25) is 9.89 Å². The first-order valence-electron chi connectivity index (χ1n) is 6.63. The van der Waals surface area contributed by atoms with Crippen LogP contribution >= 0.6 is 0 Å². The van der Waals surface area contributed by atoms with Gasteiger partial charge in [-0.05, 0) is 18.4 Å². The normalized spacial score (nSPS) is 16.6. The van der Waals surface area contributed by atoms with Crippen molar-refractivity contribution in [2.45, 2.75) is 24.7 Å². The highest BCUT2D eigenvalue weighted by atomic mass is 16.1. The molecule has 1 fully saturated rings. The lowest BCUT2D eigenvalue weighted by atomic mass is 9.64. The van der Waals surface area contributed by atoms with Gasteiger partial charge >= 0.3 is 0 Å². The molecule has 0 saturated heterocycles. The number of carbonyl (C=O) groups excluding carboxylic acids is 1. The number of aromatic nitrogens is 2. The fourth-order valence-electron chi connectivity index (χ4n) is 2.69. The average molecular weight is 255 g/mol. The summed E-state index contributed by atoms with van der Waals surface area (Å²) in [4.78, 5) is 12.0. The summed E-state index contributed by atoms with van der Waals surface area (Å²) < 4.78 is 0. The fraction of sp³-hybridized carbons (Fsp3) is 0.333. The van der Waals surface area contributed by atoms with Gasteiger partial charge in [0.05, 0.1) is 11.8 Å². The number of amides is 1. The van der Waals surface area contributed by atoms with Gasteiger partial charge in [0, 0.05) is 18.2 Å². The number of H-pyrrole nitrogens is 1. The Labute approximate surface area is 112 Å². The predicted octanol–water partition coefficient (Wildman–Crippen LogP) is 2.26. The van der Waals surface area contributed by atoms with Crippen LogP contribution in [0.2, 0.25) is 0 Å². The van der Waals surface area contributed by atoms with E-state index in [4.69, 9.17) is 0 Å². The Morgan fingerprint density at radius 3 is 2.68 bits per heavy atom. The van der Waals surface area contributed by atoms with Crippen LogP contribution in [0.4, 0.5) is 0 Å². The van der Waals surface area contributed by atoms with Crippen LogP contribution in [-0.4, -0.2) is 22.6 Å². The lowest BCUT2D eigenvalue weighted by molar-refractivity contribution is 0.0928. The highest BCUT2D eigenvalue weighted by Crippen LogP contribution is 2.43. The Morgan fingerprint density at radius 2 is 2.11 bits per heavy atom. The molecule has 4 nitrogen and oxygen atoms in total. The molecule has 0 radical (unpaired) electrons. The van der Waals surface area contributed by atoms with Crippen LogP contribution in [-0.2, 0) is 5.41 Å². The fourth-order valence-corrected chi connectivity index (χ4v) is 2.69. The topological polar surface area (TPSA) is 57.8 Å². The zero-order chi connectivity index (χ0) is 13.1. The molecule has 0 unspecified atom stereocenters. The number of aromatic amines is 1. The second kappa shape index (κ2) is 4.88. The SMILES string of the molecule is O=C(NCC1(c2ccccc2)CCC1)c1cn[nH]c1. The van der Waals surface area contributed by atoms with Crippen molar-refractivity contribution < 1.29 is 4.79 Å². The van der Waals surface area contributed by atoms with Crippen LogP contribution < -0.4 is 5.32 Å². The van der Waals surface area contributed by atoms with Gasteiger partial charge in [0.25, 0.3) is 5.91 Å². The van der Waals surface area contributed by atoms with Gasteiger partial charge in [-0.25, -0.2) is 0 Å². The lowest BCUT2D eigenvalue weighted by Gasteiger charge is -2.42. The van der Waals surface area contributed by atoms with Crippen molar-refractivity contribution in [3.05, 3.63) is 53.9 Å². The van der Waals surface area contributed by atoms with E-state index in [1.54, 1.807) is 12.4 Å². The molecule has 0 spiro atoms. The molecule has 4 heteroatoms. The molecule has 1 saturated carbocycles. The second-order valence-electron chi connectivity index (χ2n) is 5.17. The molecule has 0 aliphatic heterocycles. The zero-order valence-electron chi connectivity index (χ0n) is 10.7. The molecule has 2 aromatic rings. The smallest absolute Gasteiger partial charge is 0.254 e. The van der Waals surface area contributed by atoms with Gasteiger partial charge in [-0.2, -0.15) is 5.10 Å². The molecule has 1 aliphatic carbocycles. The van der Waals surface area contributed by atoms with E-state index < -0.39 is 0 Å². The summed E-state index contributed by atoms with van der Waals surface area (Å²) in [5, 5.41) is 9.48. The molecular weight excluding hydrogens is 238 g/mol. The minimum atomic E-state index is -0.0593. The summed E-state index contributed by atoms with van der Waals surface area (Å²) in [5.41, 5.74) is 2.04. The molecule has 98 valence electrons. The molecular formula is C15H17N3O. The van der Waals surface area contributed by atoms with Gasteiger partial charge in [0.2, 0.25) is 0 Å². The maximum Gasteiger partial charge on any atom is 0.254 e. The summed E-state index contributed by atoms with van der Waals surface area (Å²) in [7, 11) is 0. The maximum absolute atomic E-state index is 12.0. The van der Waals surface area contributed by atoms with Crippen LogP contribution in [0.15, 0.2) is 42.7 Å². The van der Waals surface area contributed by atoms with Crippen LogP contribution in [0, 0.1) is 0 Å². The number of carbonyl (C=O) groups is 1. The van der Waals surface area contributed by atoms with Crippen molar-refractivity contribution in [3.63, 3.8) is 0 Å². The number of hydrogen-bond acceptors (Lipinski definition) is 2. The molecule has 2 N–H and O–H groups in total. The second-order valence-corrected chi connectivity index (χ2v) is 5.17. The summed E-state index contributed by atoms with van der Waals surface area (Å²) in [6, 6.07) is 10.5. The monoisotopic (exact) mass is 255 g/mol. The molecule has 3 rings (SSSR count). The Balaban J connectivity index is 1.69.